The molecular formula is C12H11ClO3S. The van der Waals surface area contributed by atoms with Crippen molar-refractivity contribution in [3.63, 3.8) is 0 Å². The smallest absolute Gasteiger partial charge is 0.168 e. The average molecular weight is 271 g/mol. The van der Waals surface area contributed by atoms with Gasteiger partial charge in [-0.05, 0) is 12.1 Å². The van der Waals surface area contributed by atoms with Crippen LogP contribution >= 0.6 is 23.4 Å². The van der Waals surface area contributed by atoms with Crippen LogP contribution in [0.5, 0.6) is 5.75 Å². The number of benzene rings is 1. The number of aldehydes is 1. The fraction of sp³-hybridized carbons (Fsp3) is 0.333. The van der Waals surface area contributed by atoms with Gasteiger partial charge in [0.2, 0.25) is 0 Å². The van der Waals surface area contributed by atoms with Gasteiger partial charge in [0, 0.05) is 23.0 Å². The predicted octanol–water partition coefficient (Wildman–Crippen LogP) is 2.98. The van der Waals surface area contributed by atoms with Crippen LogP contribution in [0, 0.1) is 0 Å². The molecule has 17 heavy (non-hydrogen) atoms. The van der Waals surface area contributed by atoms with Crippen molar-refractivity contribution in [1.82, 2.24) is 0 Å². The fourth-order valence-corrected chi connectivity index (χ4v) is 3.39. The van der Waals surface area contributed by atoms with Gasteiger partial charge in [-0.3, -0.25) is 4.79 Å². The molecule has 0 fully saturated rings. The zero-order valence-corrected chi connectivity index (χ0v) is 10.8. The second-order valence-electron chi connectivity index (χ2n) is 3.72. The third-order valence-electron chi connectivity index (χ3n) is 2.63. The van der Waals surface area contributed by atoms with Crippen molar-refractivity contribution < 1.29 is 14.3 Å². The maximum Gasteiger partial charge on any atom is 0.168 e. The van der Waals surface area contributed by atoms with Gasteiger partial charge < -0.3 is 9.53 Å². The Hall–Kier alpha value is -1.000. The van der Waals surface area contributed by atoms with Crippen molar-refractivity contribution in [2.24, 2.45) is 0 Å². The molecular weight excluding hydrogens is 260 g/mol. The normalized spacial score (nSPS) is 18.7. The van der Waals surface area contributed by atoms with Crippen molar-refractivity contribution in [3.8, 4) is 5.75 Å². The second-order valence-corrected chi connectivity index (χ2v) is 5.44. The average Bonchev–Trinajstić information content (AvgIpc) is 2.31. The molecule has 0 spiro atoms. The number of carbonyl (C=O) groups excluding carboxylic acids is 2. The summed E-state index contributed by atoms with van der Waals surface area (Å²) >= 11 is 7.56. The van der Waals surface area contributed by atoms with Crippen LogP contribution in [0.25, 0.3) is 0 Å². The number of ketones is 1. The van der Waals surface area contributed by atoms with Crippen LogP contribution in [0.15, 0.2) is 17.0 Å². The van der Waals surface area contributed by atoms with Crippen molar-refractivity contribution >= 4 is 35.4 Å². The third-order valence-corrected chi connectivity index (χ3v) is 4.41. The molecule has 2 rings (SSSR count). The molecule has 1 aromatic rings. The number of thioether (sulfide) groups is 1. The zero-order chi connectivity index (χ0) is 12.4. The van der Waals surface area contributed by atoms with Gasteiger partial charge in [-0.1, -0.05) is 11.6 Å². The molecule has 0 N–H and O–H groups in total. The van der Waals surface area contributed by atoms with Crippen LogP contribution in [0.2, 0.25) is 5.02 Å². The molecule has 90 valence electrons. The number of hydrogen-bond acceptors (Lipinski definition) is 4. The molecule has 0 aromatic heterocycles. The van der Waals surface area contributed by atoms with E-state index in [1.165, 1.54) is 18.9 Å². The van der Waals surface area contributed by atoms with Gasteiger partial charge in [0.05, 0.1) is 17.7 Å². The molecule has 1 aliphatic rings. The number of Topliss-reactive ketones (excluding diaryl/α,β-unsaturated/α-hetero) is 1. The van der Waals surface area contributed by atoms with Crippen molar-refractivity contribution in [2.45, 2.75) is 23.0 Å². The van der Waals surface area contributed by atoms with Gasteiger partial charge >= 0.3 is 0 Å². The standard InChI is InChI=1S/C12H11ClO3S/c1-16-10-3-2-8(13)12-11(10)9(15)6-7(17-12)4-5-14/h2-3,5,7H,4,6H2,1H3. The minimum atomic E-state index is -0.0166. The number of carbonyl (C=O) groups is 2. The lowest BCUT2D eigenvalue weighted by Gasteiger charge is -2.23. The van der Waals surface area contributed by atoms with Gasteiger partial charge in [-0.25, -0.2) is 0 Å². The highest BCUT2D eigenvalue weighted by atomic mass is 35.5. The number of hydrogen-bond donors (Lipinski definition) is 0. The summed E-state index contributed by atoms with van der Waals surface area (Å²) in [7, 11) is 1.53. The Kier molecular flexibility index (Phi) is 3.74. The van der Waals surface area contributed by atoms with Gasteiger partial charge in [0.1, 0.15) is 12.0 Å². The molecule has 1 aliphatic heterocycles. The lowest BCUT2D eigenvalue weighted by molar-refractivity contribution is -0.107. The molecule has 1 aromatic carbocycles. The Morgan fingerprint density at radius 3 is 3.00 bits per heavy atom. The van der Waals surface area contributed by atoms with E-state index in [1.54, 1.807) is 12.1 Å². The van der Waals surface area contributed by atoms with Gasteiger partial charge in [-0.2, -0.15) is 0 Å². The summed E-state index contributed by atoms with van der Waals surface area (Å²) in [4.78, 5) is 23.3. The fourth-order valence-electron chi connectivity index (χ4n) is 1.84. The number of fused-ring (bicyclic) bond motifs is 1. The van der Waals surface area contributed by atoms with Crippen LogP contribution in [-0.4, -0.2) is 24.4 Å². The molecule has 1 atom stereocenters. The van der Waals surface area contributed by atoms with Gasteiger partial charge in [0.15, 0.2) is 5.78 Å². The van der Waals surface area contributed by atoms with Gasteiger partial charge in [-0.15, -0.1) is 11.8 Å². The summed E-state index contributed by atoms with van der Waals surface area (Å²) in [6.45, 7) is 0. The monoisotopic (exact) mass is 270 g/mol. The van der Waals surface area contributed by atoms with Crippen LogP contribution in [0.1, 0.15) is 23.2 Å². The molecule has 1 unspecified atom stereocenters. The van der Waals surface area contributed by atoms with Crippen molar-refractivity contribution in [1.29, 1.82) is 0 Å². The summed E-state index contributed by atoms with van der Waals surface area (Å²) in [5, 5.41) is 0.520. The van der Waals surface area contributed by atoms with E-state index >= 15 is 0 Å². The second kappa shape index (κ2) is 5.10. The van der Waals surface area contributed by atoms with E-state index in [2.05, 4.69) is 0 Å². The zero-order valence-electron chi connectivity index (χ0n) is 9.23. The van der Waals surface area contributed by atoms with E-state index in [4.69, 9.17) is 16.3 Å². The highest BCUT2D eigenvalue weighted by Crippen LogP contribution is 2.44. The number of methoxy groups -OCH3 is 1. The highest BCUT2D eigenvalue weighted by Gasteiger charge is 2.30. The Bertz CT molecular complexity index is 473. The Balaban J connectivity index is 2.46. The molecule has 3 nitrogen and oxygen atoms in total. The summed E-state index contributed by atoms with van der Waals surface area (Å²) in [6.07, 6.45) is 1.56. The first-order chi connectivity index (χ1) is 8.17. The number of halogens is 1. The van der Waals surface area contributed by atoms with Crippen molar-refractivity contribution in [3.05, 3.63) is 22.7 Å². The lowest BCUT2D eigenvalue weighted by Crippen LogP contribution is -2.18. The van der Waals surface area contributed by atoms with E-state index in [-0.39, 0.29) is 11.0 Å². The summed E-state index contributed by atoms with van der Waals surface area (Å²) in [5.41, 5.74) is 0.548. The Morgan fingerprint density at radius 1 is 1.59 bits per heavy atom. The van der Waals surface area contributed by atoms with Crippen LogP contribution in [0.3, 0.4) is 0 Å². The molecule has 0 radical (unpaired) electrons. The van der Waals surface area contributed by atoms with Gasteiger partial charge in [0.25, 0.3) is 0 Å². The molecule has 0 amide bonds. The predicted molar refractivity (Wildman–Crippen MR) is 67.3 cm³/mol. The SMILES string of the molecule is COc1ccc(Cl)c2c1C(=O)CC(CC=O)S2. The van der Waals surface area contributed by atoms with Crippen molar-refractivity contribution in [2.75, 3.05) is 7.11 Å². The van der Waals surface area contributed by atoms with E-state index < -0.39 is 0 Å². The minimum absolute atomic E-state index is 0.00931. The first-order valence-electron chi connectivity index (χ1n) is 5.17. The van der Waals surface area contributed by atoms with Crippen LogP contribution in [-0.2, 0) is 4.79 Å². The molecule has 0 aliphatic carbocycles. The molecule has 0 saturated heterocycles. The molecule has 0 bridgehead atoms. The number of rotatable bonds is 3. The topological polar surface area (TPSA) is 43.4 Å². The molecule has 1 heterocycles. The minimum Gasteiger partial charge on any atom is -0.496 e. The Morgan fingerprint density at radius 2 is 2.35 bits per heavy atom. The maximum absolute atomic E-state index is 12.0. The van der Waals surface area contributed by atoms with Crippen LogP contribution in [0.4, 0.5) is 0 Å². The van der Waals surface area contributed by atoms with E-state index in [1.807, 2.05) is 0 Å². The largest absolute Gasteiger partial charge is 0.496 e. The summed E-state index contributed by atoms with van der Waals surface area (Å²) in [6, 6.07) is 3.41. The highest BCUT2D eigenvalue weighted by molar-refractivity contribution is 8.00. The first-order valence-corrected chi connectivity index (χ1v) is 6.43. The summed E-state index contributed by atoms with van der Waals surface area (Å²) in [5.74, 6) is 0.538. The van der Waals surface area contributed by atoms with Crippen LogP contribution < -0.4 is 4.74 Å². The third kappa shape index (κ3) is 2.33. The Labute approximate surface area is 108 Å². The maximum atomic E-state index is 12.0. The first kappa shape index (κ1) is 12.5. The van der Waals surface area contributed by atoms with E-state index in [9.17, 15) is 9.59 Å². The number of ether oxygens (including phenoxy) is 1. The molecule has 5 heteroatoms. The summed E-state index contributed by atoms with van der Waals surface area (Å²) < 4.78 is 5.17. The van der Waals surface area contributed by atoms with E-state index in [0.717, 1.165) is 11.2 Å². The molecule has 0 saturated carbocycles. The lowest BCUT2D eigenvalue weighted by atomic mass is 10.0. The quantitative estimate of drug-likeness (QED) is 0.792. The van der Waals surface area contributed by atoms with E-state index in [0.29, 0.717) is 29.2 Å².